The molecule has 1 atom stereocenters. The summed E-state index contributed by atoms with van der Waals surface area (Å²) >= 11 is 0. The first kappa shape index (κ1) is 16.5. The third-order valence-electron chi connectivity index (χ3n) is 4.42. The van der Waals surface area contributed by atoms with Gasteiger partial charge >= 0.3 is 5.97 Å². The van der Waals surface area contributed by atoms with Crippen molar-refractivity contribution in [2.45, 2.75) is 85.7 Å². The minimum atomic E-state index is -0.151. The summed E-state index contributed by atoms with van der Waals surface area (Å²) in [6, 6.07) is 0. The number of carbonyl (C=O) groups is 1. The van der Waals surface area contributed by atoms with Crippen LogP contribution in [0.2, 0.25) is 0 Å². The number of hydrogen-bond donors (Lipinski definition) is 0. The van der Waals surface area contributed by atoms with Crippen LogP contribution in [0.3, 0.4) is 0 Å². The molecule has 1 unspecified atom stereocenters. The molecular weight excluding hydrogens is 236 g/mol. The first-order valence-corrected chi connectivity index (χ1v) is 7.92. The molecule has 1 aliphatic carbocycles. The molecule has 0 aromatic rings. The predicted molar refractivity (Wildman–Crippen MR) is 80.0 cm³/mol. The Bertz CT molecular complexity index is 293. The molecule has 1 rings (SSSR count). The van der Waals surface area contributed by atoms with Crippen LogP contribution in [0.5, 0.6) is 0 Å². The molecule has 2 heteroatoms. The van der Waals surface area contributed by atoms with Crippen molar-refractivity contribution in [3.63, 3.8) is 0 Å². The summed E-state index contributed by atoms with van der Waals surface area (Å²) in [6.45, 7) is 13.0. The summed E-state index contributed by atoms with van der Waals surface area (Å²) < 4.78 is 5.98. The molecule has 0 spiro atoms. The maximum Gasteiger partial charge on any atom is 0.309 e. The Kier molecular flexibility index (Phi) is 5.46. The van der Waals surface area contributed by atoms with E-state index in [0.717, 1.165) is 25.7 Å². The molecule has 0 radical (unpaired) electrons. The van der Waals surface area contributed by atoms with Crippen LogP contribution in [-0.4, -0.2) is 11.6 Å². The van der Waals surface area contributed by atoms with Crippen LogP contribution in [-0.2, 0) is 9.53 Å². The van der Waals surface area contributed by atoms with Gasteiger partial charge in [-0.2, -0.15) is 0 Å². The van der Waals surface area contributed by atoms with E-state index < -0.39 is 0 Å². The fourth-order valence-corrected chi connectivity index (χ4v) is 3.09. The maximum absolute atomic E-state index is 12.6. The Morgan fingerprint density at radius 3 is 2.11 bits per heavy atom. The summed E-state index contributed by atoms with van der Waals surface area (Å²) in [5.74, 6) is 0.416. The van der Waals surface area contributed by atoms with Gasteiger partial charge in [0, 0.05) is 0 Å². The average Bonchev–Trinajstić information content (AvgIpc) is 2.73. The van der Waals surface area contributed by atoms with Crippen molar-refractivity contribution in [3.8, 4) is 0 Å². The summed E-state index contributed by atoms with van der Waals surface area (Å²) in [5.41, 5.74) is 0.0190. The van der Waals surface area contributed by atoms with E-state index in [0.29, 0.717) is 5.92 Å². The molecule has 0 N–H and O–H groups in total. The molecule has 1 saturated carbocycles. The fourth-order valence-electron chi connectivity index (χ4n) is 3.09. The minimum absolute atomic E-state index is 0.0315. The van der Waals surface area contributed by atoms with Crippen molar-refractivity contribution in [2.75, 3.05) is 0 Å². The Labute approximate surface area is 119 Å². The third-order valence-corrected chi connectivity index (χ3v) is 4.42. The number of rotatable bonds is 5. The molecule has 0 aromatic carbocycles. The first-order valence-electron chi connectivity index (χ1n) is 7.92. The van der Waals surface area contributed by atoms with E-state index in [1.165, 1.54) is 12.8 Å². The fraction of sp³-hybridized carbons (Fsp3) is 0.941. The van der Waals surface area contributed by atoms with Crippen molar-refractivity contribution < 1.29 is 9.53 Å². The van der Waals surface area contributed by atoms with Crippen molar-refractivity contribution in [1.29, 1.82) is 0 Å². The molecule has 112 valence electrons. The van der Waals surface area contributed by atoms with Crippen LogP contribution >= 0.6 is 0 Å². The van der Waals surface area contributed by atoms with Crippen LogP contribution in [0.15, 0.2) is 0 Å². The lowest BCUT2D eigenvalue weighted by Crippen LogP contribution is -2.36. The van der Waals surface area contributed by atoms with Gasteiger partial charge in [-0.05, 0) is 49.9 Å². The molecule has 0 bridgehead atoms. The predicted octanol–water partition coefficient (Wildman–Crippen LogP) is 4.96. The van der Waals surface area contributed by atoms with Crippen LogP contribution < -0.4 is 0 Å². The van der Waals surface area contributed by atoms with Crippen LogP contribution in [0.1, 0.15) is 80.1 Å². The van der Waals surface area contributed by atoms with Crippen LogP contribution in [0.25, 0.3) is 0 Å². The standard InChI is InChI=1S/C17H32O2/c1-7-17(10-8-9-11-17)19-15(18)14(13(2)3)12-16(4,5)6/h13-14H,7-12H2,1-6H3. The second-order valence-electron chi connectivity index (χ2n) is 7.78. The lowest BCUT2D eigenvalue weighted by molar-refractivity contribution is -0.167. The molecule has 19 heavy (non-hydrogen) atoms. The van der Waals surface area contributed by atoms with E-state index >= 15 is 0 Å². The number of carbonyl (C=O) groups excluding carboxylic acids is 1. The topological polar surface area (TPSA) is 26.3 Å². The van der Waals surface area contributed by atoms with E-state index in [4.69, 9.17) is 4.74 Å². The van der Waals surface area contributed by atoms with Crippen LogP contribution in [0, 0.1) is 17.3 Å². The average molecular weight is 268 g/mol. The van der Waals surface area contributed by atoms with Gasteiger partial charge in [0.05, 0.1) is 5.92 Å². The quantitative estimate of drug-likeness (QED) is 0.659. The zero-order chi connectivity index (χ0) is 14.7. The van der Waals surface area contributed by atoms with Gasteiger partial charge in [-0.3, -0.25) is 4.79 Å². The second-order valence-corrected chi connectivity index (χ2v) is 7.78. The zero-order valence-electron chi connectivity index (χ0n) is 13.7. The van der Waals surface area contributed by atoms with Gasteiger partial charge in [0.15, 0.2) is 0 Å². The summed E-state index contributed by atoms with van der Waals surface area (Å²) in [7, 11) is 0. The van der Waals surface area contributed by atoms with E-state index in [-0.39, 0.29) is 22.9 Å². The molecule has 0 aromatic heterocycles. The largest absolute Gasteiger partial charge is 0.459 e. The smallest absolute Gasteiger partial charge is 0.309 e. The van der Waals surface area contributed by atoms with Gasteiger partial charge in [0.2, 0.25) is 0 Å². The van der Waals surface area contributed by atoms with Crippen LogP contribution in [0.4, 0.5) is 0 Å². The SMILES string of the molecule is CCC1(OC(=O)C(CC(C)(C)C)C(C)C)CCCC1. The first-order chi connectivity index (χ1) is 8.69. The molecule has 0 amide bonds. The normalized spacial score (nSPS) is 20.6. The number of hydrogen-bond acceptors (Lipinski definition) is 2. The van der Waals surface area contributed by atoms with Gasteiger partial charge in [-0.1, -0.05) is 41.5 Å². The summed E-state index contributed by atoms with van der Waals surface area (Å²) in [6.07, 6.45) is 6.37. The Balaban J connectivity index is 2.72. The highest BCUT2D eigenvalue weighted by Crippen LogP contribution is 2.38. The maximum atomic E-state index is 12.6. The lowest BCUT2D eigenvalue weighted by atomic mass is 9.79. The highest BCUT2D eigenvalue weighted by Gasteiger charge is 2.39. The Hall–Kier alpha value is -0.530. The van der Waals surface area contributed by atoms with E-state index in [9.17, 15) is 4.79 Å². The Morgan fingerprint density at radius 2 is 1.74 bits per heavy atom. The van der Waals surface area contributed by atoms with Gasteiger partial charge in [0.25, 0.3) is 0 Å². The van der Waals surface area contributed by atoms with Crippen molar-refractivity contribution >= 4 is 5.97 Å². The van der Waals surface area contributed by atoms with Crippen molar-refractivity contribution in [3.05, 3.63) is 0 Å². The third kappa shape index (κ3) is 4.81. The summed E-state index contributed by atoms with van der Waals surface area (Å²) in [5, 5.41) is 0. The summed E-state index contributed by atoms with van der Waals surface area (Å²) in [4.78, 5) is 12.6. The lowest BCUT2D eigenvalue weighted by Gasteiger charge is -2.33. The molecule has 1 fully saturated rings. The van der Waals surface area contributed by atoms with E-state index in [1.54, 1.807) is 0 Å². The number of esters is 1. The highest BCUT2D eigenvalue weighted by atomic mass is 16.6. The van der Waals surface area contributed by atoms with Crippen molar-refractivity contribution in [2.24, 2.45) is 17.3 Å². The minimum Gasteiger partial charge on any atom is -0.459 e. The molecule has 0 heterocycles. The molecular formula is C17H32O2. The van der Waals surface area contributed by atoms with E-state index in [1.807, 2.05) is 0 Å². The highest BCUT2D eigenvalue weighted by molar-refractivity contribution is 5.73. The van der Waals surface area contributed by atoms with E-state index in [2.05, 4.69) is 41.5 Å². The van der Waals surface area contributed by atoms with Crippen molar-refractivity contribution in [1.82, 2.24) is 0 Å². The molecule has 2 nitrogen and oxygen atoms in total. The zero-order valence-corrected chi connectivity index (χ0v) is 13.7. The monoisotopic (exact) mass is 268 g/mol. The Morgan fingerprint density at radius 1 is 1.21 bits per heavy atom. The molecule has 1 aliphatic rings. The molecule has 0 saturated heterocycles. The van der Waals surface area contributed by atoms with Gasteiger partial charge in [0.1, 0.15) is 5.60 Å². The van der Waals surface area contributed by atoms with Gasteiger partial charge in [-0.15, -0.1) is 0 Å². The second kappa shape index (κ2) is 6.28. The molecule has 0 aliphatic heterocycles. The van der Waals surface area contributed by atoms with Gasteiger partial charge in [-0.25, -0.2) is 0 Å². The van der Waals surface area contributed by atoms with Gasteiger partial charge < -0.3 is 4.74 Å². The number of ether oxygens (including phenoxy) is 1.